The fourth-order valence-corrected chi connectivity index (χ4v) is 3.51. The molecule has 2 N–H and O–H groups in total. The van der Waals surface area contributed by atoms with Crippen LogP contribution in [0.4, 0.5) is 0 Å². The Labute approximate surface area is 161 Å². The van der Waals surface area contributed by atoms with E-state index in [1.807, 2.05) is 25.1 Å². The largest absolute Gasteiger partial charge is 0.490 e. The molecule has 1 aromatic carbocycles. The molecule has 2 unspecified atom stereocenters. The first-order chi connectivity index (χ1) is 13.1. The lowest BCUT2D eigenvalue weighted by atomic mass is 9.78. The van der Waals surface area contributed by atoms with Crippen LogP contribution in [0.1, 0.15) is 51.5 Å². The maximum Gasteiger partial charge on any atom is 0.307 e. The third kappa shape index (κ3) is 6.15. The van der Waals surface area contributed by atoms with E-state index in [0.717, 1.165) is 30.6 Å². The molecular weight excluding hydrogens is 346 g/mol. The maximum absolute atomic E-state index is 12.4. The second-order valence-corrected chi connectivity index (χ2v) is 6.94. The van der Waals surface area contributed by atoms with E-state index in [0.29, 0.717) is 44.8 Å². The molecular formula is C21H31NO5. The summed E-state index contributed by atoms with van der Waals surface area (Å²) in [5.74, 6) is -0.529. The average Bonchev–Trinajstić information content (AvgIpc) is 2.67. The van der Waals surface area contributed by atoms with Crippen molar-refractivity contribution in [3.8, 4) is 11.5 Å². The lowest BCUT2D eigenvalue weighted by Crippen LogP contribution is -2.40. The van der Waals surface area contributed by atoms with E-state index >= 15 is 0 Å². The van der Waals surface area contributed by atoms with Crippen molar-refractivity contribution in [3.63, 3.8) is 0 Å². The lowest BCUT2D eigenvalue weighted by Gasteiger charge is -2.27. The van der Waals surface area contributed by atoms with E-state index in [1.165, 1.54) is 0 Å². The number of amides is 1. The molecule has 1 aliphatic carbocycles. The van der Waals surface area contributed by atoms with Crippen LogP contribution in [0, 0.1) is 11.8 Å². The van der Waals surface area contributed by atoms with E-state index in [1.54, 1.807) is 0 Å². The normalized spacial score (nSPS) is 19.3. The van der Waals surface area contributed by atoms with Crippen molar-refractivity contribution < 1.29 is 24.2 Å². The highest BCUT2D eigenvalue weighted by atomic mass is 16.5. The highest BCUT2D eigenvalue weighted by Crippen LogP contribution is 2.31. The summed E-state index contributed by atoms with van der Waals surface area (Å²) in [5, 5.41) is 12.2. The zero-order valence-electron chi connectivity index (χ0n) is 16.3. The predicted molar refractivity (Wildman–Crippen MR) is 103 cm³/mol. The summed E-state index contributed by atoms with van der Waals surface area (Å²) >= 11 is 0. The third-order valence-electron chi connectivity index (χ3n) is 4.90. The zero-order valence-corrected chi connectivity index (χ0v) is 16.3. The van der Waals surface area contributed by atoms with Crippen LogP contribution in [-0.2, 0) is 16.0 Å². The molecule has 2 atom stereocenters. The molecule has 1 aromatic rings. The number of nitrogens with one attached hydrogen (secondary N) is 1. The molecule has 2 rings (SSSR count). The number of rotatable bonds is 10. The van der Waals surface area contributed by atoms with Gasteiger partial charge in [0.15, 0.2) is 11.5 Å². The molecule has 0 aliphatic heterocycles. The number of carbonyl (C=O) groups excluding carboxylic acids is 1. The van der Waals surface area contributed by atoms with Crippen molar-refractivity contribution in [2.24, 2.45) is 11.8 Å². The predicted octanol–water partition coefficient (Wildman–Crippen LogP) is 3.42. The number of carboxylic acids is 1. The second kappa shape index (κ2) is 10.8. The number of hydrogen-bond acceptors (Lipinski definition) is 4. The second-order valence-electron chi connectivity index (χ2n) is 6.94. The number of hydrogen-bond donors (Lipinski definition) is 2. The van der Waals surface area contributed by atoms with E-state index < -0.39 is 17.8 Å². The van der Waals surface area contributed by atoms with Crippen molar-refractivity contribution in [3.05, 3.63) is 23.8 Å². The van der Waals surface area contributed by atoms with Crippen LogP contribution in [0.5, 0.6) is 11.5 Å². The Hall–Kier alpha value is -2.24. The molecule has 0 saturated heterocycles. The monoisotopic (exact) mass is 377 g/mol. The van der Waals surface area contributed by atoms with E-state index in [9.17, 15) is 14.7 Å². The molecule has 27 heavy (non-hydrogen) atoms. The molecule has 0 bridgehead atoms. The SMILES string of the molecule is CCCOc1ccc(CCNC(=O)C2CCCCC2C(=O)O)cc1OCC. The number of carbonyl (C=O) groups is 2. The standard InChI is InChI=1S/C21H31NO5/c1-3-13-27-18-10-9-15(14-19(18)26-4-2)11-12-22-20(23)16-7-5-6-8-17(16)21(24)25/h9-10,14,16-17H,3-8,11-13H2,1-2H3,(H,22,23)(H,24,25). The van der Waals surface area contributed by atoms with Crippen LogP contribution in [0.15, 0.2) is 18.2 Å². The Kier molecular flexibility index (Phi) is 8.43. The molecule has 1 saturated carbocycles. The van der Waals surface area contributed by atoms with Crippen molar-refractivity contribution in [1.82, 2.24) is 5.32 Å². The van der Waals surface area contributed by atoms with Gasteiger partial charge in [0.2, 0.25) is 5.91 Å². The summed E-state index contributed by atoms with van der Waals surface area (Å²) in [6.07, 6.45) is 4.62. The molecule has 0 heterocycles. The first-order valence-corrected chi connectivity index (χ1v) is 9.95. The Bertz CT molecular complexity index is 631. The van der Waals surface area contributed by atoms with Crippen LogP contribution >= 0.6 is 0 Å². The van der Waals surface area contributed by atoms with Gasteiger partial charge in [-0.1, -0.05) is 25.8 Å². The van der Waals surface area contributed by atoms with Crippen molar-refractivity contribution >= 4 is 11.9 Å². The first kappa shape index (κ1) is 21.1. The Morgan fingerprint density at radius 2 is 1.85 bits per heavy atom. The number of benzene rings is 1. The minimum atomic E-state index is -0.862. The molecule has 0 radical (unpaired) electrons. The Balaban J connectivity index is 1.91. The van der Waals surface area contributed by atoms with Gasteiger partial charge in [-0.2, -0.15) is 0 Å². The van der Waals surface area contributed by atoms with Gasteiger partial charge >= 0.3 is 5.97 Å². The van der Waals surface area contributed by atoms with Gasteiger partial charge in [0.25, 0.3) is 0 Å². The zero-order chi connectivity index (χ0) is 19.6. The minimum Gasteiger partial charge on any atom is -0.490 e. The maximum atomic E-state index is 12.4. The van der Waals surface area contributed by atoms with Gasteiger partial charge in [-0.15, -0.1) is 0 Å². The summed E-state index contributed by atoms with van der Waals surface area (Å²) in [7, 11) is 0. The summed E-state index contributed by atoms with van der Waals surface area (Å²) < 4.78 is 11.4. The van der Waals surface area contributed by atoms with Crippen molar-refractivity contribution in [1.29, 1.82) is 0 Å². The summed E-state index contributed by atoms with van der Waals surface area (Å²) in [6, 6.07) is 5.82. The average molecular weight is 377 g/mol. The summed E-state index contributed by atoms with van der Waals surface area (Å²) in [4.78, 5) is 23.8. The lowest BCUT2D eigenvalue weighted by molar-refractivity contribution is -0.148. The van der Waals surface area contributed by atoms with E-state index in [2.05, 4.69) is 12.2 Å². The van der Waals surface area contributed by atoms with Crippen molar-refractivity contribution in [2.75, 3.05) is 19.8 Å². The minimum absolute atomic E-state index is 0.143. The van der Waals surface area contributed by atoms with Crippen LogP contribution in [0.25, 0.3) is 0 Å². The smallest absolute Gasteiger partial charge is 0.307 e. The van der Waals surface area contributed by atoms with Gasteiger partial charge in [-0.05, 0) is 50.3 Å². The van der Waals surface area contributed by atoms with Gasteiger partial charge in [0.1, 0.15) is 0 Å². The van der Waals surface area contributed by atoms with Gasteiger partial charge in [0, 0.05) is 6.54 Å². The molecule has 1 fully saturated rings. The first-order valence-electron chi connectivity index (χ1n) is 9.95. The molecule has 0 aromatic heterocycles. The van der Waals surface area contributed by atoms with Crippen LogP contribution in [-0.4, -0.2) is 36.7 Å². The van der Waals surface area contributed by atoms with Gasteiger partial charge in [-0.25, -0.2) is 0 Å². The van der Waals surface area contributed by atoms with E-state index in [-0.39, 0.29) is 5.91 Å². The summed E-state index contributed by atoms with van der Waals surface area (Å²) in [5.41, 5.74) is 1.04. The Morgan fingerprint density at radius 3 is 2.52 bits per heavy atom. The molecule has 0 spiro atoms. The molecule has 1 aliphatic rings. The Morgan fingerprint density at radius 1 is 1.11 bits per heavy atom. The molecule has 1 amide bonds. The van der Waals surface area contributed by atoms with Crippen molar-refractivity contribution in [2.45, 2.75) is 52.4 Å². The quantitative estimate of drug-likeness (QED) is 0.653. The van der Waals surface area contributed by atoms with Crippen LogP contribution in [0.3, 0.4) is 0 Å². The highest BCUT2D eigenvalue weighted by molar-refractivity contribution is 5.84. The fourth-order valence-electron chi connectivity index (χ4n) is 3.51. The van der Waals surface area contributed by atoms with Gasteiger partial charge in [-0.3, -0.25) is 9.59 Å². The van der Waals surface area contributed by atoms with Crippen LogP contribution < -0.4 is 14.8 Å². The summed E-state index contributed by atoms with van der Waals surface area (Å²) in [6.45, 7) is 5.66. The van der Waals surface area contributed by atoms with E-state index in [4.69, 9.17) is 9.47 Å². The molecule has 6 nitrogen and oxygen atoms in total. The molecule has 150 valence electrons. The fraction of sp³-hybridized carbons (Fsp3) is 0.619. The number of aliphatic carboxylic acids is 1. The number of carboxylic acid groups (broad SMARTS) is 1. The highest BCUT2D eigenvalue weighted by Gasteiger charge is 2.35. The van der Waals surface area contributed by atoms with Gasteiger partial charge in [0.05, 0.1) is 25.0 Å². The van der Waals surface area contributed by atoms with Gasteiger partial charge < -0.3 is 19.9 Å². The topological polar surface area (TPSA) is 84.9 Å². The van der Waals surface area contributed by atoms with Crippen LogP contribution in [0.2, 0.25) is 0 Å². The number of ether oxygens (including phenoxy) is 2. The third-order valence-corrected chi connectivity index (χ3v) is 4.90. The molecule has 6 heteroatoms.